The van der Waals surface area contributed by atoms with Gasteiger partial charge in [-0.2, -0.15) is 0 Å². The summed E-state index contributed by atoms with van der Waals surface area (Å²) >= 11 is 11.1. The van der Waals surface area contributed by atoms with Gasteiger partial charge in [0.25, 0.3) is 0 Å². The fourth-order valence-corrected chi connectivity index (χ4v) is 2.98. The number of rotatable bonds is 1. The van der Waals surface area contributed by atoms with Gasteiger partial charge < -0.3 is 4.98 Å². The molecule has 0 aliphatic heterocycles. The number of hydrogen-bond acceptors (Lipinski definition) is 2. The molecule has 0 aliphatic rings. The van der Waals surface area contributed by atoms with E-state index in [2.05, 4.69) is 54.6 Å². The zero-order valence-electron chi connectivity index (χ0n) is 9.02. The zero-order valence-corrected chi connectivity index (χ0v) is 13.6. The van der Waals surface area contributed by atoms with Crippen LogP contribution in [0.4, 0.5) is 0 Å². The lowest BCUT2D eigenvalue weighted by Crippen LogP contribution is -1.95. The average Bonchev–Trinajstić information content (AvgIpc) is 2.64. The van der Waals surface area contributed by atoms with Crippen LogP contribution >= 0.6 is 50.7 Å². The molecule has 1 aromatic carbocycles. The maximum absolute atomic E-state index is 5.37. The van der Waals surface area contributed by atoms with Crippen molar-refractivity contribution in [2.75, 3.05) is 0 Å². The minimum atomic E-state index is 0.651. The summed E-state index contributed by atoms with van der Waals surface area (Å²) < 4.78 is 4.69. The fourth-order valence-electron chi connectivity index (χ4n) is 1.82. The van der Waals surface area contributed by atoms with Gasteiger partial charge in [-0.25, -0.2) is 4.98 Å². The normalized spacial score (nSPS) is 11.0. The molecule has 6 heteroatoms. The van der Waals surface area contributed by atoms with Crippen LogP contribution in [-0.4, -0.2) is 14.5 Å². The highest BCUT2D eigenvalue weighted by Crippen LogP contribution is 2.21. The summed E-state index contributed by atoms with van der Waals surface area (Å²) in [6.07, 6.45) is 1.77. The fraction of sp³-hybridized carbons (Fsp3) is 0. The molecule has 0 saturated carbocycles. The molecule has 2 heterocycles. The third-order valence-electron chi connectivity index (χ3n) is 2.56. The van der Waals surface area contributed by atoms with Gasteiger partial charge in [-0.05, 0) is 75.0 Å². The molecule has 3 aromatic rings. The number of benzene rings is 1. The summed E-state index contributed by atoms with van der Waals surface area (Å²) in [5, 5.41) is 0. The second kappa shape index (κ2) is 4.75. The Hall–Kier alpha value is -0.730. The molecule has 0 aliphatic carbocycles. The molecule has 90 valence electrons. The lowest BCUT2D eigenvalue weighted by atomic mass is 10.3. The van der Waals surface area contributed by atoms with Gasteiger partial charge in [-0.15, -0.1) is 0 Å². The first kappa shape index (κ1) is 12.3. The maximum atomic E-state index is 5.37. The monoisotopic (exact) mass is 431 g/mol. The van der Waals surface area contributed by atoms with E-state index in [4.69, 9.17) is 12.2 Å². The first-order valence-electron chi connectivity index (χ1n) is 5.17. The Morgan fingerprint density at radius 2 is 2.17 bits per heavy atom. The van der Waals surface area contributed by atoms with Crippen molar-refractivity contribution in [3.63, 3.8) is 0 Å². The minimum Gasteiger partial charge on any atom is -0.329 e. The van der Waals surface area contributed by atoms with Crippen LogP contribution < -0.4 is 0 Å². The number of pyridine rings is 1. The van der Waals surface area contributed by atoms with Crippen LogP contribution in [0.15, 0.2) is 41.0 Å². The van der Waals surface area contributed by atoms with E-state index < -0.39 is 0 Å². The largest absolute Gasteiger partial charge is 0.329 e. The smallest absolute Gasteiger partial charge is 0.183 e. The Morgan fingerprint density at radius 1 is 1.33 bits per heavy atom. The average molecular weight is 432 g/mol. The third-order valence-corrected chi connectivity index (χ3v) is 3.95. The van der Waals surface area contributed by atoms with Gasteiger partial charge in [0.05, 0.1) is 11.2 Å². The number of imidazole rings is 1. The number of nitrogens with zero attached hydrogens (tertiary/aromatic N) is 2. The summed E-state index contributed by atoms with van der Waals surface area (Å²) in [5.74, 6) is 0. The van der Waals surface area contributed by atoms with E-state index in [1.165, 1.54) is 3.57 Å². The topological polar surface area (TPSA) is 33.6 Å². The van der Waals surface area contributed by atoms with E-state index in [1.807, 2.05) is 28.8 Å². The molecule has 1 N–H and O–H groups in total. The third kappa shape index (κ3) is 2.12. The molecule has 0 amide bonds. The van der Waals surface area contributed by atoms with Gasteiger partial charge in [-0.1, -0.05) is 6.07 Å². The van der Waals surface area contributed by atoms with E-state index in [0.717, 1.165) is 21.3 Å². The number of fused-ring (bicyclic) bond motifs is 1. The number of aromatic nitrogens is 3. The molecule has 0 fully saturated rings. The minimum absolute atomic E-state index is 0.651. The van der Waals surface area contributed by atoms with Crippen molar-refractivity contribution in [3.05, 3.63) is 49.3 Å². The van der Waals surface area contributed by atoms with Crippen LogP contribution in [0.2, 0.25) is 0 Å². The van der Waals surface area contributed by atoms with Crippen molar-refractivity contribution >= 4 is 61.9 Å². The number of nitrogens with one attached hydrogen (secondary N) is 1. The summed E-state index contributed by atoms with van der Waals surface area (Å²) in [6, 6.07) is 10.1. The van der Waals surface area contributed by atoms with Crippen molar-refractivity contribution in [3.8, 4) is 5.69 Å². The SMILES string of the molecule is S=c1[nH]c2cc(Br)cnc2n1-c1cccc(I)c1. The van der Waals surface area contributed by atoms with Gasteiger partial charge in [-0.3, -0.25) is 4.57 Å². The maximum Gasteiger partial charge on any atom is 0.183 e. The predicted molar refractivity (Wildman–Crippen MR) is 86.7 cm³/mol. The van der Waals surface area contributed by atoms with Gasteiger partial charge >= 0.3 is 0 Å². The molecule has 0 spiro atoms. The summed E-state index contributed by atoms with van der Waals surface area (Å²) in [4.78, 5) is 7.59. The van der Waals surface area contributed by atoms with E-state index in [-0.39, 0.29) is 0 Å². The summed E-state index contributed by atoms with van der Waals surface area (Å²) in [5.41, 5.74) is 2.78. The van der Waals surface area contributed by atoms with E-state index in [1.54, 1.807) is 6.20 Å². The van der Waals surface area contributed by atoms with Crippen LogP contribution in [0.25, 0.3) is 16.9 Å². The van der Waals surface area contributed by atoms with Gasteiger partial charge in [0, 0.05) is 14.2 Å². The lowest BCUT2D eigenvalue weighted by Gasteiger charge is -2.04. The Morgan fingerprint density at radius 3 is 2.94 bits per heavy atom. The van der Waals surface area contributed by atoms with Crippen LogP contribution in [-0.2, 0) is 0 Å². The highest BCUT2D eigenvalue weighted by Gasteiger charge is 2.08. The van der Waals surface area contributed by atoms with Crippen molar-refractivity contribution in [2.24, 2.45) is 0 Å². The predicted octanol–water partition coefficient (Wildman–Crippen LogP) is 4.45. The van der Waals surface area contributed by atoms with E-state index >= 15 is 0 Å². The molecule has 2 aromatic heterocycles. The molecule has 0 bridgehead atoms. The zero-order chi connectivity index (χ0) is 12.7. The highest BCUT2D eigenvalue weighted by atomic mass is 127. The van der Waals surface area contributed by atoms with Crippen LogP contribution in [0.1, 0.15) is 0 Å². The Labute approximate surface area is 131 Å². The van der Waals surface area contributed by atoms with Crippen LogP contribution in [0.3, 0.4) is 0 Å². The lowest BCUT2D eigenvalue weighted by molar-refractivity contribution is 1.04. The molecule has 18 heavy (non-hydrogen) atoms. The summed E-state index contributed by atoms with van der Waals surface area (Å²) in [7, 11) is 0. The Kier molecular flexibility index (Phi) is 3.25. The molecular weight excluding hydrogens is 425 g/mol. The number of hydrogen-bond donors (Lipinski definition) is 1. The first-order valence-corrected chi connectivity index (χ1v) is 7.45. The quantitative estimate of drug-likeness (QED) is 0.456. The molecule has 3 rings (SSSR count). The van der Waals surface area contributed by atoms with E-state index in [9.17, 15) is 0 Å². The molecule has 0 unspecified atom stereocenters. The first-order chi connectivity index (χ1) is 8.65. The number of H-pyrrole nitrogens is 1. The molecule has 0 atom stereocenters. The van der Waals surface area contributed by atoms with Crippen LogP contribution in [0.5, 0.6) is 0 Å². The number of aromatic amines is 1. The number of halogens is 2. The second-order valence-electron chi connectivity index (χ2n) is 3.77. The van der Waals surface area contributed by atoms with Gasteiger partial charge in [0.2, 0.25) is 0 Å². The molecule has 0 saturated heterocycles. The molecule has 3 nitrogen and oxygen atoms in total. The van der Waals surface area contributed by atoms with Crippen molar-refractivity contribution in [2.45, 2.75) is 0 Å². The standard InChI is InChI=1S/C12H7BrIN3S/c13-7-4-10-11(15-6-7)17(12(18)16-10)9-3-1-2-8(14)5-9/h1-6H,(H,16,18). The van der Waals surface area contributed by atoms with Crippen molar-refractivity contribution < 1.29 is 0 Å². The summed E-state index contributed by atoms with van der Waals surface area (Å²) in [6.45, 7) is 0. The van der Waals surface area contributed by atoms with E-state index in [0.29, 0.717) is 4.77 Å². The van der Waals surface area contributed by atoms with Crippen LogP contribution in [0, 0.1) is 8.34 Å². The molecule has 0 radical (unpaired) electrons. The Bertz CT molecular complexity index is 793. The Balaban J connectivity index is 2.35. The van der Waals surface area contributed by atoms with Gasteiger partial charge in [0.15, 0.2) is 10.4 Å². The van der Waals surface area contributed by atoms with Crippen molar-refractivity contribution in [1.29, 1.82) is 0 Å². The second-order valence-corrected chi connectivity index (χ2v) is 6.32. The highest BCUT2D eigenvalue weighted by molar-refractivity contribution is 14.1. The van der Waals surface area contributed by atoms with Gasteiger partial charge in [0.1, 0.15) is 0 Å². The van der Waals surface area contributed by atoms with Crippen molar-refractivity contribution in [1.82, 2.24) is 14.5 Å². The molecular formula is C12H7BrIN3S.